The van der Waals surface area contributed by atoms with Crippen molar-refractivity contribution in [2.75, 3.05) is 0 Å². The van der Waals surface area contributed by atoms with Gasteiger partial charge in [0, 0.05) is 6.54 Å². The van der Waals surface area contributed by atoms with Crippen molar-refractivity contribution in [3.63, 3.8) is 0 Å². The number of aryl methyl sites for hydroxylation is 1. The minimum atomic E-state index is 0.174. The van der Waals surface area contributed by atoms with Gasteiger partial charge in [0.15, 0.2) is 5.82 Å². The fraction of sp³-hybridized carbons (Fsp3) is 0.467. The lowest BCUT2D eigenvalue weighted by Crippen LogP contribution is -2.07. The second kappa shape index (κ2) is 6.41. The summed E-state index contributed by atoms with van der Waals surface area (Å²) in [5, 5.41) is 8.18. The van der Waals surface area contributed by atoms with Gasteiger partial charge in [0.2, 0.25) is 0 Å². The number of aromatic nitrogens is 3. The summed E-state index contributed by atoms with van der Waals surface area (Å²) in [7, 11) is 0. The first-order valence-electron chi connectivity index (χ1n) is 6.88. The molecule has 0 radical (unpaired) electrons. The molecule has 2 rings (SSSR count). The molecule has 0 N–H and O–H groups in total. The maximum absolute atomic E-state index is 5.73. The molecule has 0 fully saturated rings. The second-order valence-electron chi connectivity index (χ2n) is 4.83. The average molecular weight is 275 g/mol. The van der Waals surface area contributed by atoms with Crippen LogP contribution in [0.3, 0.4) is 0 Å². The van der Waals surface area contributed by atoms with Crippen LogP contribution in [0.4, 0.5) is 0 Å². The smallest absolute Gasteiger partial charge is 0.171 e. The monoisotopic (exact) mass is 275 g/mol. The van der Waals surface area contributed by atoms with Crippen molar-refractivity contribution in [3.8, 4) is 11.5 Å². The molecule has 1 heterocycles. The van der Waals surface area contributed by atoms with E-state index in [1.807, 2.05) is 49.6 Å². The molecule has 0 aliphatic heterocycles. The Balaban J connectivity index is 1.97. The Bertz CT molecular complexity index is 547. The highest BCUT2D eigenvalue weighted by Crippen LogP contribution is 2.19. The normalized spacial score (nSPS) is 10.8. The van der Waals surface area contributed by atoms with Crippen LogP contribution in [0, 0.1) is 6.92 Å². The third kappa shape index (κ3) is 3.50. The van der Waals surface area contributed by atoms with Gasteiger partial charge in [0.05, 0.1) is 6.10 Å². The van der Waals surface area contributed by atoms with Crippen molar-refractivity contribution in [1.29, 1.82) is 0 Å². The summed E-state index contributed by atoms with van der Waals surface area (Å²) >= 11 is 0. The highest BCUT2D eigenvalue weighted by Gasteiger charge is 2.07. The van der Waals surface area contributed by atoms with E-state index in [2.05, 4.69) is 17.1 Å². The van der Waals surface area contributed by atoms with Gasteiger partial charge in [-0.15, -0.1) is 10.2 Å². The number of ether oxygens (including phenoxy) is 2. The molecule has 108 valence electrons. The largest absolute Gasteiger partial charge is 0.491 e. The van der Waals surface area contributed by atoms with Crippen molar-refractivity contribution >= 4 is 0 Å². The zero-order valence-corrected chi connectivity index (χ0v) is 12.5. The molecule has 0 saturated carbocycles. The Hall–Kier alpha value is -2.04. The molecular formula is C15H21N3O2. The van der Waals surface area contributed by atoms with E-state index in [1.54, 1.807) is 0 Å². The van der Waals surface area contributed by atoms with Crippen LogP contribution in [0.25, 0.3) is 0 Å². The SMILES string of the molecule is CCn1c(C)nnc1COc1ccc(OC(C)C)cc1. The number of hydrogen-bond acceptors (Lipinski definition) is 4. The lowest BCUT2D eigenvalue weighted by molar-refractivity contribution is 0.241. The van der Waals surface area contributed by atoms with Crippen LogP contribution in [-0.2, 0) is 13.2 Å². The van der Waals surface area contributed by atoms with Gasteiger partial charge in [-0.3, -0.25) is 0 Å². The van der Waals surface area contributed by atoms with E-state index in [4.69, 9.17) is 9.47 Å². The van der Waals surface area contributed by atoms with E-state index in [0.29, 0.717) is 6.61 Å². The van der Waals surface area contributed by atoms with Gasteiger partial charge in [0.1, 0.15) is 23.9 Å². The van der Waals surface area contributed by atoms with Crippen molar-refractivity contribution in [2.24, 2.45) is 0 Å². The Kier molecular flexibility index (Phi) is 4.61. The molecule has 0 saturated heterocycles. The third-order valence-corrected chi connectivity index (χ3v) is 2.89. The Morgan fingerprint density at radius 2 is 1.75 bits per heavy atom. The molecule has 0 unspecified atom stereocenters. The summed E-state index contributed by atoms with van der Waals surface area (Å²) in [6.07, 6.45) is 0.174. The summed E-state index contributed by atoms with van der Waals surface area (Å²) in [6.45, 7) is 9.28. The molecule has 0 spiro atoms. The number of nitrogens with zero attached hydrogens (tertiary/aromatic N) is 3. The molecule has 5 nitrogen and oxygen atoms in total. The third-order valence-electron chi connectivity index (χ3n) is 2.89. The van der Waals surface area contributed by atoms with Crippen molar-refractivity contribution in [2.45, 2.75) is 47.0 Å². The molecule has 1 aromatic carbocycles. The van der Waals surface area contributed by atoms with Crippen LogP contribution in [0.1, 0.15) is 32.4 Å². The molecule has 0 amide bonds. The van der Waals surface area contributed by atoms with E-state index in [1.165, 1.54) is 0 Å². The van der Waals surface area contributed by atoms with Crippen molar-refractivity contribution in [3.05, 3.63) is 35.9 Å². The summed E-state index contributed by atoms with van der Waals surface area (Å²) < 4.78 is 13.4. The zero-order valence-electron chi connectivity index (χ0n) is 12.5. The standard InChI is InChI=1S/C15H21N3O2/c1-5-18-12(4)16-17-15(18)10-19-13-6-8-14(9-7-13)20-11(2)3/h6-9,11H,5,10H2,1-4H3. The summed E-state index contributed by atoms with van der Waals surface area (Å²) in [5.41, 5.74) is 0. The van der Waals surface area contributed by atoms with E-state index in [-0.39, 0.29) is 6.10 Å². The van der Waals surface area contributed by atoms with Gasteiger partial charge < -0.3 is 14.0 Å². The maximum Gasteiger partial charge on any atom is 0.171 e. The molecule has 20 heavy (non-hydrogen) atoms. The van der Waals surface area contributed by atoms with Crippen LogP contribution in [0.2, 0.25) is 0 Å². The quantitative estimate of drug-likeness (QED) is 0.813. The Morgan fingerprint density at radius 3 is 2.35 bits per heavy atom. The predicted molar refractivity (Wildman–Crippen MR) is 77.0 cm³/mol. The molecule has 1 aromatic heterocycles. The molecule has 5 heteroatoms. The molecule has 0 aliphatic rings. The molecule has 2 aromatic rings. The van der Waals surface area contributed by atoms with E-state index in [0.717, 1.165) is 29.7 Å². The molecular weight excluding hydrogens is 254 g/mol. The van der Waals surface area contributed by atoms with Gasteiger partial charge in [0.25, 0.3) is 0 Å². The number of hydrogen-bond donors (Lipinski definition) is 0. The maximum atomic E-state index is 5.73. The number of rotatable bonds is 6. The van der Waals surface area contributed by atoms with Gasteiger partial charge in [-0.25, -0.2) is 0 Å². The fourth-order valence-corrected chi connectivity index (χ4v) is 1.98. The van der Waals surface area contributed by atoms with E-state index < -0.39 is 0 Å². The van der Waals surface area contributed by atoms with Crippen LogP contribution in [-0.4, -0.2) is 20.9 Å². The fourth-order valence-electron chi connectivity index (χ4n) is 1.98. The van der Waals surface area contributed by atoms with E-state index >= 15 is 0 Å². The van der Waals surface area contributed by atoms with Crippen LogP contribution >= 0.6 is 0 Å². The highest BCUT2D eigenvalue weighted by atomic mass is 16.5. The molecule has 0 bridgehead atoms. The molecule has 0 atom stereocenters. The van der Waals surface area contributed by atoms with Crippen LogP contribution < -0.4 is 9.47 Å². The van der Waals surface area contributed by atoms with Gasteiger partial charge in [-0.2, -0.15) is 0 Å². The van der Waals surface area contributed by atoms with Gasteiger partial charge >= 0.3 is 0 Å². The first-order valence-corrected chi connectivity index (χ1v) is 6.88. The summed E-state index contributed by atoms with van der Waals surface area (Å²) in [4.78, 5) is 0. The Morgan fingerprint density at radius 1 is 1.10 bits per heavy atom. The van der Waals surface area contributed by atoms with E-state index in [9.17, 15) is 0 Å². The van der Waals surface area contributed by atoms with Gasteiger partial charge in [-0.1, -0.05) is 0 Å². The van der Waals surface area contributed by atoms with Gasteiger partial charge in [-0.05, 0) is 52.0 Å². The summed E-state index contributed by atoms with van der Waals surface area (Å²) in [6, 6.07) is 7.62. The lowest BCUT2D eigenvalue weighted by atomic mass is 10.3. The second-order valence-corrected chi connectivity index (χ2v) is 4.83. The average Bonchev–Trinajstić information content (AvgIpc) is 2.77. The van der Waals surface area contributed by atoms with Crippen molar-refractivity contribution < 1.29 is 9.47 Å². The first kappa shape index (κ1) is 14.4. The molecule has 0 aliphatic carbocycles. The van der Waals surface area contributed by atoms with Crippen LogP contribution in [0.5, 0.6) is 11.5 Å². The van der Waals surface area contributed by atoms with Crippen molar-refractivity contribution in [1.82, 2.24) is 14.8 Å². The predicted octanol–water partition coefficient (Wildman–Crippen LogP) is 2.97. The minimum absolute atomic E-state index is 0.174. The Labute approximate surface area is 119 Å². The lowest BCUT2D eigenvalue weighted by Gasteiger charge is -2.11. The first-order chi connectivity index (χ1) is 9.60. The number of benzene rings is 1. The summed E-state index contributed by atoms with van der Waals surface area (Å²) in [5.74, 6) is 3.39. The van der Waals surface area contributed by atoms with Crippen LogP contribution in [0.15, 0.2) is 24.3 Å². The zero-order chi connectivity index (χ0) is 14.5. The highest BCUT2D eigenvalue weighted by molar-refractivity contribution is 5.31. The topological polar surface area (TPSA) is 49.2 Å². The minimum Gasteiger partial charge on any atom is -0.491 e.